The number of thioether (sulfide) groups is 1. The van der Waals surface area contributed by atoms with Crippen LogP contribution in [0.3, 0.4) is 0 Å². The summed E-state index contributed by atoms with van der Waals surface area (Å²) < 4.78 is 17.3. The van der Waals surface area contributed by atoms with Gasteiger partial charge in [-0.3, -0.25) is 9.69 Å². The van der Waals surface area contributed by atoms with Gasteiger partial charge in [0.1, 0.15) is 11.5 Å². The smallest absolute Gasteiger partial charge is 0.247 e. The number of hydrogen-bond acceptors (Lipinski definition) is 8. The van der Waals surface area contributed by atoms with E-state index in [0.29, 0.717) is 44.2 Å². The lowest BCUT2D eigenvalue weighted by Gasteiger charge is -2.31. The molecule has 0 spiro atoms. The van der Waals surface area contributed by atoms with Crippen LogP contribution in [0, 0.1) is 0 Å². The summed E-state index contributed by atoms with van der Waals surface area (Å²) in [5.74, 6) is 1.23. The first-order valence-electron chi connectivity index (χ1n) is 9.80. The summed E-state index contributed by atoms with van der Waals surface area (Å²) >= 11 is 7.64. The van der Waals surface area contributed by atoms with E-state index in [9.17, 15) is 4.79 Å². The molecule has 1 aliphatic heterocycles. The zero-order valence-electron chi connectivity index (χ0n) is 18.0. The van der Waals surface area contributed by atoms with Crippen molar-refractivity contribution in [3.05, 3.63) is 47.0 Å². The molecule has 1 atom stereocenters. The van der Waals surface area contributed by atoms with Crippen molar-refractivity contribution in [2.45, 2.75) is 24.7 Å². The quantitative estimate of drug-likeness (QED) is 0.491. The summed E-state index contributed by atoms with van der Waals surface area (Å²) in [5, 5.41) is 9.45. The maximum absolute atomic E-state index is 13.2. The zero-order valence-corrected chi connectivity index (χ0v) is 19.5. The number of anilines is 1. The van der Waals surface area contributed by atoms with Gasteiger partial charge in [-0.25, -0.2) is 0 Å². The SMILES string of the molecule is CCC(=O)N1c2ccc(Cl)cc2-c2nnc(SC)nc2O[C@H]1c1ccc(OC)cc1OC. The molecule has 0 N–H and O–H groups in total. The summed E-state index contributed by atoms with van der Waals surface area (Å²) in [4.78, 5) is 19.3. The Morgan fingerprint density at radius 3 is 2.69 bits per heavy atom. The van der Waals surface area contributed by atoms with Crippen molar-refractivity contribution in [1.29, 1.82) is 0 Å². The largest absolute Gasteiger partial charge is 0.497 e. The fourth-order valence-corrected chi connectivity index (χ4v) is 3.96. The molecule has 166 valence electrons. The van der Waals surface area contributed by atoms with E-state index in [1.807, 2.05) is 12.3 Å². The summed E-state index contributed by atoms with van der Waals surface area (Å²) in [5.41, 5.74) is 2.24. The Hall–Kier alpha value is -3.04. The lowest BCUT2D eigenvalue weighted by molar-refractivity contribution is -0.120. The first-order valence-corrected chi connectivity index (χ1v) is 11.4. The third-order valence-electron chi connectivity index (χ3n) is 5.03. The molecule has 0 bridgehead atoms. The predicted octanol–water partition coefficient (Wildman–Crippen LogP) is 4.77. The monoisotopic (exact) mass is 472 g/mol. The fraction of sp³-hybridized carbons (Fsp3) is 0.273. The molecule has 8 nitrogen and oxygen atoms in total. The second-order valence-corrected chi connectivity index (χ2v) is 8.02. The van der Waals surface area contributed by atoms with E-state index >= 15 is 0 Å². The Bertz CT molecular complexity index is 1180. The highest BCUT2D eigenvalue weighted by Gasteiger charge is 2.37. The number of aromatic nitrogens is 3. The number of rotatable bonds is 5. The summed E-state index contributed by atoms with van der Waals surface area (Å²) in [6, 6.07) is 10.6. The molecule has 2 heterocycles. The highest BCUT2D eigenvalue weighted by Crippen LogP contribution is 2.46. The fourth-order valence-electron chi connectivity index (χ4n) is 3.49. The number of nitrogens with zero attached hydrogens (tertiary/aromatic N) is 4. The van der Waals surface area contributed by atoms with Gasteiger partial charge in [-0.1, -0.05) is 30.3 Å². The molecule has 0 fully saturated rings. The molecular formula is C22H21ClN4O4S. The average Bonchev–Trinajstić information content (AvgIpc) is 2.96. The molecular weight excluding hydrogens is 452 g/mol. The van der Waals surface area contributed by atoms with Crippen molar-refractivity contribution in [2.75, 3.05) is 25.4 Å². The van der Waals surface area contributed by atoms with E-state index in [0.717, 1.165) is 0 Å². The minimum atomic E-state index is -0.865. The third kappa shape index (κ3) is 3.93. The van der Waals surface area contributed by atoms with Crippen LogP contribution in [0.5, 0.6) is 17.4 Å². The number of amides is 1. The number of ether oxygens (including phenoxy) is 3. The van der Waals surface area contributed by atoms with Crippen LogP contribution in [0.2, 0.25) is 5.02 Å². The normalized spacial score (nSPS) is 14.7. The van der Waals surface area contributed by atoms with Crippen molar-refractivity contribution in [2.24, 2.45) is 0 Å². The van der Waals surface area contributed by atoms with E-state index in [2.05, 4.69) is 15.2 Å². The molecule has 32 heavy (non-hydrogen) atoms. The van der Waals surface area contributed by atoms with Gasteiger partial charge < -0.3 is 14.2 Å². The molecule has 1 aromatic heterocycles. The minimum absolute atomic E-state index is 0.151. The molecule has 10 heteroatoms. The minimum Gasteiger partial charge on any atom is -0.497 e. The zero-order chi connectivity index (χ0) is 22.8. The Labute approximate surface area is 194 Å². The molecule has 0 radical (unpaired) electrons. The molecule has 0 unspecified atom stereocenters. The van der Waals surface area contributed by atoms with Crippen molar-refractivity contribution in [3.63, 3.8) is 0 Å². The second kappa shape index (κ2) is 9.22. The highest BCUT2D eigenvalue weighted by molar-refractivity contribution is 7.98. The van der Waals surface area contributed by atoms with Crippen LogP contribution in [-0.2, 0) is 4.79 Å². The van der Waals surface area contributed by atoms with Crippen LogP contribution in [0.25, 0.3) is 11.3 Å². The van der Waals surface area contributed by atoms with Crippen LogP contribution >= 0.6 is 23.4 Å². The van der Waals surface area contributed by atoms with Crippen molar-refractivity contribution in [3.8, 4) is 28.6 Å². The second-order valence-electron chi connectivity index (χ2n) is 6.81. The van der Waals surface area contributed by atoms with Gasteiger partial charge in [0.05, 0.1) is 25.5 Å². The lowest BCUT2D eigenvalue weighted by atomic mass is 10.1. The Morgan fingerprint density at radius 2 is 2.00 bits per heavy atom. The highest BCUT2D eigenvalue weighted by atomic mass is 35.5. The van der Waals surface area contributed by atoms with Gasteiger partial charge in [-0.05, 0) is 36.6 Å². The predicted molar refractivity (Wildman–Crippen MR) is 123 cm³/mol. The molecule has 1 aliphatic rings. The standard InChI is InChI=1S/C22H21ClN4O4S/c1-5-18(28)27-16-9-6-12(23)10-15(16)19-20(24-22(32-4)26-25-19)31-21(27)14-8-7-13(29-2)11-17(14)30-3/h6-11,21H,5H2,1-4H3/t21-/m0/s1. The van der Waals surface area contributed by atoms with Crippen molar-refractivity contribution in [1.82, 2.24) is 15.2 Å². The van der Waals surface area contributed by atoms with Crippen LogP contribution in [0.1, 0.15) is 25.1 Å². The van der Waals surface area contributed by atoms with Crippen molar-refractivity contribution >= 4 is 35.0 Å². The van der Waals surface area contributed by atoms with Gasteiger partial charge in [0.25, 0.3) is 0 Å². The first-order chi connectivity index (χ1) is 15.5. The molecule has 0 saturated carbocycles. The third-order valence-corrected chi connectivity index (χ3v) is 5.80. The Balaban J connectivity index is 2.01. The van der Waals surface area contributed by atoms with E-state index in [1.54, 1.807) is 56.4 Å². The lowest BCUT2D eigenvalue weighted by Crippen LogP contribution is -2.37. The van der Waals surface area contributed by atoms with E-state index < -0.39 is 6.23 Å². The van der Waals surface area contributed by atoms with Crippen LogP contribution in [0.15, 0.2) is 41.6 Å². The molecule has 0 saturated heterocycles. The van der Waals surface area contributed by atoms with E-state index in [-0.39, 0.29) is 18.2 Å². The number of halogens is 1. The Kier molecular flexibility index (Phi) is 6.38. The van der Waals surface area contributed by atoms with Gasteiger partial charge >= 0.3 is 0 Å². The van der Waals surface area contributed by atoms with Gasteiger partial charge in [-0.2, -0.15) is 4.98 Å². The maximum Gasteiger partial charge on any atom is 0.247 e. The van der Waals surface area contributed by atoms with Crippen LogP contribution in [0.4, 0.5) is 5.69 Å². The number of fused-ring (bicyclic) bond motifs is 3. The maximum atomic E-state index is 13.2. The van der Waals surface area contributed by atoms with Crippen LogP contribution in [-0.4, -0.2) is 41.6 Å². The van der Waals surface area contributed by atoms with E-state index in [4.69, 9.17) is 25.8 Å². The number of methoxy groups -OCH3 is 2. The molecule has 0 aliphatic carbocycles. The van der Waals surface area contributed by atoms with Crippen LogP contribution < -0.4 is 19.1 Å². The van der Waals surface area contributed by atoms with Crippen molar-refractivity contribution < 1.29 is 19.0 Å². The number of carbonyl (C=O) groups excluding carboxylic acids is 1. The molecule has 1 amide bonds. The van der Waals surface area contributed by atoms with Gasteiger partial charge in [0.15, 0.2) is 5.69 Å². The molecule has 2 aromatic carbocycles. The van der Waals surface area contributed by atoms with E-state index in [1.165, 1.54) is 11.8 Å². The van der Waals surface area contributed by atoms with Gasteiger partial charge in [-0.15, -0.1) is 10.2 Å². The van der Waals surface area contributed by atoms with Gasteiger partial charge in [0.2, 0.25) is 23.2 Å². The number of hydrogen-bond donors (Lipinski definition) is 0. The van der Waals surface area contributed by atoms with Gasteiger partial charge in [0, 0.05) is 23.1 Å². The average molecular weight is 473 g/mol. The molecule has 3 aromatic rings. The number of benzene rings is 2. The first kappa shape index (κ1) is 22.2. The summed E-state index contributed by atoms with van der Waals surface area (Å²) in [7, 11) is 3.13. The summed E-state index contributed by atoms with van der Waals surface area (Å²) in [6.45, 7) is 1.79. The molecule has 4 rings (SSSR count). The Morgan fingerprint density at radius 1 is 1.19 bits per heavy atom. The topological polar surface area (TPSA) is 86.7 Å². The summed E-state index contributed by atoms with van der Waals surface area (Å²) in [6.07, 6.45) is 1.24. The number of carbonyl (C=O) groups is 1.